The second-order valence-electron chi connectivity index (χ2n) is 5.10. The van der Waals surface area contributed by atoms with E-state index in [4.69, 9.17) is 5.26 Å². The molecule has 1 aliphatic rings. The Kier molecular flexibility index (Phi) is 3.93. The Balaban J connectivity index is 2.13. The van der Waals surface area contributed by atoms with Crippen molar-refractivity contribution in [1.29, 1.82) is 5.26 Å². The standard InChI is InChI=1S/C14H18N2O2S/c1-3-4-11-8-14(11)16-19(17,18)13-6-5-12(9-15)10(2)7-13/h5-7,11,14,16H,3-4,8H2,1-2H3. The summed E-state index contributed by atoms with van der Waals surface area (Å²) in [5.41, 5.74) is 1.19. The molecule has 0 aromatic heterocycles. The molecule has 4 nitrogen and oxygen atoms in total. The van der Waals surface area contributed by atoms with Crippen LogP contribution in [-0.4, -0.2) is 14.5 Å². The van der Waals surface area contributed by atoms with Gasteiger partial charge in [-0.1, -0.05) is 13.3 Å². The number of benzene rings is 1. The van der Waals surface area contributed by atoms with Crippen molar-refractivity contribution in [2.24, 2.45) is 5.92 Å². The lowest BCUT2D eigenvalue weighted by atomic mass is 10.1. The number of aryl methyl sites for hydroxylation is 1. The molecule has 1 aromatic carbocycles. The van der Waals surface area contributed by atoms with Crippen LogP contribution in [0.3, 0.4) is 0 Å². The summed E-state index contributed by atoms with van der Waals surface area (Å²) in [6.07, 6.45) is 3.08. The molecule has 0 saturated heterocycles. The van der Waals surface area contributed by atoms with Crippen LogP contribution in [0.25, 0.3) is 0 Å². The van der Waals surface area contributed by atoms with Crippen molar-refractivity contribution in [2.75, 3.05) is 0 Å². The molecule has 0 aliphatic heterocycles. The van der Waals surface area contributed by atoms with Crippen LogP contribution in [0.5, 0.6) is 0 Å². The fourth-order valence-corrected chi connectivity index (χ4v) is 3.68. The minimum absolute atomic E-state index is 0.0842. The molecule has 1 N–H and O–H groups in total. The third-order valence-corrected chi connectivity index (χ3v) is 5.00. The average Bonchev–Trinajstić information content (AvgIpc) is 3.06. The summed E-state index contributed by atoms with van der Waals surface area (Å²) in [5.74, 6) is 0.485. The summed E-state index contributed by atoms with van der Waals surface area (Å²) in [4.78, 5) is 0.242. The molecule has 0 bridgehead atoms. The van der Waals surface area contributed by atoms with Gasteiger partial charge >= 0.3 is 0 Å². The second kappa shape index (κ2) is 5.32. The lowest BCUT2D eigenvalue weighted by molar-refractivity contribution is 0.573. The Bertz CT molecular complexity index is 617. The van der Waals surface area contributed by atoms with E-state index in [-0.39, 0.29) is 10.9 Å². The molecule has 2 rings (SSSR count). The third-order valence-electron chi connectivity index (χ3n) is 3.52. The van der Waals surface area contributed by atoms with Gasteiger partial charge in [0.1, 0.15) is 0 Å². The van der Waals surface area contributed by atoms with Crippen molar-refractivity contribution >= 4 is 10.0 Å². The zero-order valence-electron chi connectivity index (χ0n) is 11.2. The van der Waals surface area contributed by atoms with E-state index in [1.165, 1.54) is 6.07 Å². The van der Waals surface area contributed by atoms with E-state index in [1.54, 1.807) is 19.1 Å². The van der Waals surface area contributed by atoms with Crippen molar-refractivity contribution in [3.63, 3.8) is 0 Å². The highest BCUT2D eigenvalue weighted by Gasteiger charge is 2.39. The predicted octanol–water partition coefficient (Wildman–Crippen LogP) is 2.33. The van der Waals surface area contributed by atoms with Gasteiger partial charge in [-0.05, 0) is 49.4 Å². The highest BCUT2D eigenvalue weighted by molar-refractivity contribution is 7.89. The van der Waals surface area contributed by atoms with Crippen molar-refractivity contribution in [3.8, 4) is 6.07 Å². The molecule has 0 heterocycles. The van der Waals surface area contributed by atoms with Gasteiger partial charge < -0.3 is 0 Å². The largest absolute Gasteiger partial charge is 0.240 e. The van der Waals surface area contributed by atoms with Crippen molar-refractivity contribution in [3.05, 3.63) is 29.3 Å². The molecule has 19 heavy (non-hydrogen) atoms. The van der Waals surface area contributed by atoms with Crippen LogP contribution in [0.2, 0.25) is 0 Å². The van der Waals surface area contributed by atoms with E-state index in [1.807, 2.05) is 6.07 Å². The maximum absolute atomic E-state index is 12.2. The van der Waals surface area contributed by atoms with Crippen molar-refractivity contribution in [1.82, 2.24) is 4.72 Å². The number of sulfonamides is 1. The summed E-state index contributed by atoms with van der Waals surface area (Å²) < 4.78 is 27.1. The summed E-state index contributed by atoms with van der Waals surface area (Å²) in [5, 5.41) is 8.85. The van der Waals surface area contributed by atoms with Gasteiger partial charge in [0.25, 0.3) is 0 Å². The monoisotopic (exact) mass is 278 g/mol. The number of rotatable bonds is 5. The first kappa shape index (κ1) is 14.0. The fourth-order valence-electron chi connectivity index (χ4n) is 2.28. The Morgan fingerprint density at radius 1 is 1.47 bits per heavy atom. The average molecular weight is 278 g/mol. The number of hydrogen-bond acceptors (Lipinski definition) is 3. The van der Waals surface area contributed by atoms with Crippen LogP contribution in [0, 0.1) is 24.2 Å². The Morgan fingerprint density at radius 3 is 2.79 bits per heavy atom. The van der Waals surface area contributed by atoms with Gasteiger partial charge in [-0.15, -0.1) is 0 Å². The Morgan fingerprint density at radius 2 is 2.21 bits per heavy atom. The van der Waals surface area contributed by atoms with Crippen molar-refractivity contribution in [2.45, 2.75) is 44.0 Å². The van der Waals surface area contributed by atoms with E-state index < -0.39 is 10.0 Å². The van der Waals surface area contributed by atoms with E-state index in [0.717, 1.165) is 19.3 Å². The van der Waals surface area contributed by atoms with E-state index in [0.29, 0.717) is 17.0 Å². The van der Waals surface area contributed by atoms with Gasteiger partial charge in [0.2, 0.25) is 10.0 Å². The molecule has 5 heteroatoms. The lowest BCUT2D eigenvalue weighted by Gasteiger charge is -2.07. The van der Waals surface area contributed by atoms with Gasteiger partial charge in [0.15, 0.2) is 0 Å². The smallest absolute Gasteiger partial charge is 0.208 e. The van der Waals surface area contributed by atoms with E-state index in [2.05, 4.69) is 11.6 Å². The summed E-state index contributed by atoms with van der Waals surface area (Å²) in [6.45, 7) is 3.85. The zero-order chi connectivity index (χ0) is 14.0. The molecule has 0 radical (unpaired) electrons. The number of nitriles is 1. The summed E-state index contributed by atoms with van der Waals surface area (Å²) in [6, 6.07) is 6.72. The number of nitrogens with zero attached hydrogens (tertiary/aromatic N) is 1. The molecule has 1 saturated carbocycles. The number of hydrogen-bond donors (Lipinski definition) is 1. The minimum atomic E-state index is -3.46. The zero-order valence-corrected chi connectivity index (χ0v) is 12.0. The van der Waals surface area contributed by atoms with Gasteiger partial charge in [-0.2, -0.15) is 5.26 Å². The molecular weight excluding hydrogens is 260 g/mol. The molecule has 1 fully saturated rings. The summed E-state index contributed by atoms with van der Waals surface area (Å²) >= 11 is 0. The van der Waals surface area contributed by atoms with Crippen LogP contribution in [-0.2, 0) is 10.0 Å². The predicted molar refractivity (Wildman–Crippen MR) is 73.0 cm³/mol. The van der Waals surface area contributed by atoms with Crippen LogP contribution < -0.4 is 4.72 Å². The lowest BCUT2D eigenvalue weighted by Crippen LogP contribution is -2.27. The second-order valence-corrected chi connectivity index (χ2v) is 6.81. The maximum Gasteiger partial charge on any atom is 0.240 e. The van der Waals surface area contributed by atoms with Gasteiger partial charge in [0.05, 0.1) is 16.5 Å². The topological polar surface area (TPSA) is 70.0 Å². The maximum atomic E-state index is 12.2. The molecular formula is C14H18N2O2S. The van der Waals surface area contributed by atoms with Gasteiger partial charge in [-0.3, -0.25) is 0 Å². The van der Waals surface area contributed by atoms with Crippen LogP contribution in [0.4, 0.5) is 0 Å². The van der Waals surface area contributed by atoms with Crippen LogP contribution >= 0.6 is 0 Å². The highest BCUT2D eigenvalue weighted by Crippen LogP contribution is 2.35. The van der Waals surface area contributed by atoms with Gasteiger partial charge in [-0.25, -0.2) is 13.1 Å². The van der Waals surface area contributed by atoms with Crippen LogP contribution in [0.15, 0.2) is 23.1 Å². The molecule has 0 amide bonds. The normalized spacial score (nSPS) is 21.9. The molecule has 1 aliphatic carbocycles. The molecule has 0 spiro atoms. The minimum Gasteiger partial charge on any atom is -0.208 e. The third kappa shape index (κ3) is 3.14. The summed E-state index contributed by atoms with van der Waals surface area (Å²) in [7, 11) is -3.46. The molecule has 1 aromatic rings. The van der Waals surface area contributed by atoms with E-state index >= 15 is 0 Å². The fraction of sp³-hybridized carbons (Fsp3) is 0.500. The SMILES string of the molecule is CCCC1CC1NS(=O)(=O)c1ccc(C#N)c(C)c1. The Hall–Kier alpha value is -1.38. The Labute approximate surface area is 114 Å². The van der Waals surface area contributed by atoms with E-state index in [9.17, 15) is 8.42 Å². The first-order valence-electron chi connectivity index (χ1n) is 6.51. The number of nitrogens with one attached hydrogen (secondary N) is 1. The molecule has 102 valence electrons. The molecule has 2 unspecified atom stereocenters. The first-order chi connectivity index (χ1) is 8.97. The van der Waals surface area contributed by atoms with Gasteiger partial charge in [0, 0.05) is 6.04 Å². The quantitative estimate of drug-likeness (QED) is 0.898. The molecule has 2 atom stereocenters. The van der Waals surface area contributed by atoms with Crippen molar-refractivity contribution < 1.29 is 8.42 Å². The highest BCUT2D eigenvalue weighted by atomic mass is 32.2. The van der Waals surface area contributed by atoms with Crippen LogP contribution in [0.1, 0.15) is 37.3 Å². The first-order valence-corrected chi connectivity index (χ1v) is 7.99.